The standard InChI is InChI=1S/C9H17ClO4Si/c1-14-9(13)7(15(2,3)10)5-4-6-8(11)12/h7H,4-6H2,1-3H3,(H,11,12). The van der Waals surface area contributed by atoms with Crippen molar-refractivity contribution >= 4 is 30.4 Å². The summed E-state index contributed by atoms with van der Waals surface area (Å²) in [6.07, 6.45) is 1.01. The number of methoxy groups -OCH3 is 1. The molecule has 6 heteroatoms. The summed E-state index contributed by atoms with van der Waals surface area (Å²) in [6.45, 7) is 3.72. The molecule has 0 aliphatic rings. The van der Waals surface area contributed by atoms with Gasteiger partial charge in [0.05, 0.1) is 12.7 Å². The number of rotatable bonds is 6. The van der Waals surface area contributed by atoms with E-state index in [0.29, 0.717) is 12.8 Å². The third kappa shape index (κ3) is 5.79. The number of ether oxygens (including phenoxy) is 1. The minimum atomic E-state index is -2.14. The van der Waals surface area contributed by atoms with Gasteiger partial charge in [-0.1, -0.05) is 13.1 Å². The number of carboxylic acid groups (broad SMARTS) is 1. The second-order valence-electron chi connectivity index (χ2n) is 3.93. The first-order valence-corrected chi connectivity index (χ1v) is 8.86. The monoisotopic (exact) mass is 252 g/mol. The van der Waals surface area contributed by atoms with Crippen LogP contribution in [0.3, 0.4) is 0 Å². The third-order valence-electron chi connectivity index (χ3n) is 2.20. The van der Waals surface area contributed by atoms with Crippen LogP contribution in [0.25, 0.3) is 0 Å². The topological polar surface area (TPSA) is 63.6 Å². The van der Waals surface area contributed by atoms with Gasteiger partial charge >= 0.3 is 11.9 Å². The van der Waals surface area contributed by atoms with E-state index in [4.69, 9.17) is 16.2 Å². The Morgan fingerprint density at radius 2 is 2.00 bits per heavy atom. The number of carbonyl (C=O) groups excluding carboxylic acids is 1. The molecular formula is C9H17ClO4Si. The molecule has 1 N–H and O–H groups in total. The molecule has 0 heterocycles. The highest BCUT2D eigenvalue weighted by molar-refractivity contribution is 7.20. The van der Waals surface area contributed by atoms with E-state index >= 15 is 0 Å². The fourth-order valence-electron chi connectivity index (χ4n) is 1.34. The SMILES string of the molecule is COC(=O)C(CCCC(=O)O)[Si](C)(C)Cl. The summed E-state index contributed by atoms with van der Waals surface area (Å²) < 4.78 is 4.66. The summed E-state index contributed by atoms with van der Waals surface area (Å²) in [7, 11) is -0.815. The zero-order chi connectivity index (χ0) is 12.1. The molecule has 0 spiro atoms. The molecular weight excluding hydrogens is 236 g/mol. The number of carboxylic acids is 1. The first-order valence-electron chi connectivity index (χ1n) is 4.77. The van der Waals surface area contributed by atoms with Gasteiger partial charge in [-0.3, -0.25) is 9.59 Å². The Bertz CT molecular complexity index is 237. The van der Waals surface area contributed by atoms with E-state index in [0.717, 1.165) is 0 Å². The molecule has 0 aliphatic carbocycles. The number of esters is 1. The molecule has 0 saturated heterocycles. The summed E-state index contributed by atoms with van der Waals surface area (Å²) in [5, 5.41) is 8.49. The average Bonchev–Trinajstić information content (AvgIpc) is 2.09. The summed E-state index contributed by atoms with van der Waals surface area (Å²) >= 11 is 6.18. The molecule has 0 aromatic heterocycles. The molecule has 0 aliphatic heterocycles. The van der Waals surface area contributed by atoms with E-state index in [-0.39, 0.29) is 17.9 Å². The quantitative estimate of drug-likeness (QED) is 0.447. The van der Waals surface area contributed by atoms with Crippen molar-refractivity contribution in [3.63, 3.8) is 0 Å². The third-order valence-corrected chi connectivity index (χ3v) is 5.17. The zero-order valence-corrected chi connectivity index (χ0v) is 11.0. The lowest BCUT2D eigenvalue weighted by atomic mass is 10.2. The Labute approximate surface area is 95.3 Å². The lowest BCUT2D eigenvalue weighted by Crippen LogP contribution is -2.32. The van der Waals surface area contributed by atoms with E-state index in [1.807, 2.05) is 13.1 Å². The summed E-state index contributed by atoms with van der Waals surface area (Å²) in [5.41, 5.74) is -0.330. The second kappa shape index (κ2) is 6.12. The van der Waals surface area contributed by atoms with E-state index in [2.05, 4.69) is 4.74 Å². The van der Waals surface area contributed by atoms with Crippen LogP contribution in [0, 0.1) is 0 Å². The molecule has 0 aromatic rings. The van der Waals surface area contributed by atoms with E-state index in [9.17, 15) is 9.59 Å². The largest absolute Gasteiger partial charge is 0.481 e. The molecule has 4 nitrogen and oxygen atoms in total. The van der Waals surface area contributed by atoms with Gasteiger partial charge in [-0.15, -0.1) is 0 Å². The lowest BCUT2D eigenvalue weighted by molar-refractivity contribution is -0.141. The first kappa shape index (κ1) is 14.4. The number of carbonyl (C=O) groups is 2. The van der Waals surface area contributed by atoms with Gasteiger partial charge in [0.25, 0.3) is 0 Å². The van der Waals surface area contributed by atoms with Crippen molar-refractivity contribution in [3.05, 3.63) is 0 Å². The van der Waals surface area contributed by atoms with Crippen molar-refractivity contribution in [3.8, 4) is 0 Å². The van der Waals surface area contributed by atoms with Crippen molar-refractivity contribution < 1.29 is 19.4 Å². The summed E-state index contributed by atoms with van der Waals surface area (Å²) in [6, 6.07) is 0. The molecule has 15 heavy (non-hydrogen) atoms. The Morgan fingerprint density at radius 3 is 2.33 bits per heavy atom. The lowest BCUT2D eigenvalue weighted by Gasteiger charge is -2.23. The van der Waals surface area contributed by atoms with Gasteiger partial charge in [0.15, 0.2) is 7.38 Å². The van der Waals surface area contributed by atoms with E-state index < -0.39 is 13.4 Å². The molecule has 0 aromatic carbocycles. The highest BCUT2D eigenvalue weighted by Gasteiger charge is 2.36. The van der Waals surface area contributed by atoms with Gasteiger partial charge in [0.2, 0.25) is 0 Å². The van der Waals surface area contributed by atoms with Gasteiger partial charge < -0.3 is 9.84 Å². The van der Waals surface area contributed by atoms with Crippen molar-refractivity contribution in [1.29, 1.82) is 0 Å². The molecule has 0 radical (unpaired) electrons. The van der Waals surface area contributed by atoms with Gasteiger partial charge in [-0.05, 0) is 12.8 Å². The minimum Gasteiger partial charge on any atom is -0.481 e. The number of hydrogen-bond donors (Lipinski definition) is 1. The molecule has 0 rings (SSSR count). The smallest absolute Gasteiger partial charge is 0.307 e. The van der Waals surface area contributed by atoms with Gasteiger partial charge in [0.1, 0.15) is 0 Å². The van der Waals surface area contributed by atoms with Crippen LogP contribution in [0.2, 0.25) is 18.6 Å². The Balaban J connectivity index is 4.27. The number of halogens is 1. The van der Waals surface area contributed by atoms with Crippen molar-refractivity contribution in [2.24, 2.45) is 0 Å². The fraction of sp³-hybridized carbons (Fsp3) is 0.778. The predicted molar refractivity (Wildman–Crippen MR) is 60.6 cm³/mol. The van der Waals surface area contributed by atoms with E-state index in [1.165, 1.54) is 7.11 Å². The highest BCUT2D eigenvalue weighted by Crippen LogP contribution is 2.31. The first-order chi connectivity index (χ1) is 6.79. The molecule has 0 bridgehead atoms. The van der Waals surface area contributed by atoms with Crippen molar-refractivity contribution in [1.82, 2.24) is 0 Å². The summed E-state index contributed by atoms with van der Waals surface area (Å²) in [4.78, 5) is 21.7. The van der Waals surface area contributed by atoms with Crippen LogP contribution in [-0.4, -0.2) is 31.5 Å². The normalized spacial score (nSPS) is 13.3. The maximum absolute atomic E-state index is 11.4. The Kier molecular flexibility index (Phi) is 5.90. The van der Waals surface area contributed by atoms with Crippen LogP contribution >= 0.6 is 11.1 Å². The van der Waals surface area contributed by atoms with Crippen molar-refractivity contribution in [2.45, 2.75) is 37.9 Å². The molecule has 1 atom stereocenters. The van der Waals surface area contributed by atoms with Crippen LogP contribution < -0.4 is 0 Å². The second-order valence-corrected chi connectivity index (χ2v) is 10.7. The van der Waals surface area contributed by atoms with Crippen LogP contribution in [-0.2, 0) is 14.3 Å². The van der Waals surface area contributed by atoms with Gasteiger partial charge in [0, 0.05) is 6.42 Å². The van der Waals surface area contributed by atoms with Crippen LogP contribution in [0.1, 0.15) is 19.3 Å². The van der Waals surface area contributed by atoms with Crippen LogP contribution in [0.15, 0.2) is 0 Å². The molecule has 0 saturated carbocycles. The number of aliphatic carboxylic acids is 1. The Morgan fingerprint density at radius 1 is 1.47 bits per heavy atom. The number of hydrogen-bond acceptors (Lipinski definition) is 3. The molecule has 1 unspecified atom stereocenters. The zero-order valence-electron chi connectivity index (χ0n) is 9.25. The Hall–Kier alpha value is -0.553. The molecule has 0 amide bonds. The van der Waals surface area contributed by atoms with Crippen LogP contribution in [0.5, 0.6) is 0 Å². The highest BCUT2D eigenvalue weighted by atomic mass is 35.6. The average molecular weight is 253 g/mol. The summed E-state index contributed by atoms with van der Waals surface area (Å²) in [5.74, 6) is -1.18. The van der Waals surface area contributed by atoms with Gasteiger partial charge in [-0.25, -0.2) is 0 Å². The fourth-order valence-corrected chi connectivity index (χ4v) is 3.50. The predicted octanol–water partition coefficient (Wildman–Crippen LogP) is 2.23. The van der Waals surface area contributed by atoms with E-state index in [1.54, 1.807) is 0 Å². The molecule has 88 valence electrons. The maximum atomic E-state index is 11.4. The van der Waals surface area contributed by atoms with Crippen molar-refractivity contribution in [2.75, 3.05) is 7.11 Å². The minimum absolute atomic E-state index is 0.0643. The van der Waals surface area contributed by atoms with Crippen LogP contribution in [0.4, 0.5) is 0 Å². The maximum Gasteiger partial charge on any atom is 0.307 e. The molecule has 0 fully saturated rings. The van der Waals surface area contributed by atoms with Gasteiger partial charge in [-0.2, -0.15) is 11.1 Å².